The Bertz CT molecular complexity index is 521. The molecular formula is C14H17FINO3. The highest BCUT2D eigenvalue weighted by Gasteiger charge is 2.35. The SMILES string of the molecule is CCCC(C)(NC(=O)c1ccc(F)cc1I)C(=O)OC. The first-order valence-corrected chi connectivity index (χ1v) is 7.28. The number of ether oxygens (including phenoxy) is 1. The van der Waals surface area contributed by atoms with Gasteiger partial charge in [0.15, 0.2) is 0 Å². The van der Waals surface area contributed by atoms with E-state index in [4.69, 9.17) is 4.74 Å². The molecule has 0 spiro atoms. The fourth-order valence-electron chi connectivity index (χ4n) is 1.93. The minimum Gasteiger partial charge on any atom is -0.467 e. The first kappa shape index (κ1) is 16.9. The van der Waals surface area contributed by atoms with Gasteiger partial charge in [-0.2, -0.15) is 0 Å². The van der Waals surface area contributed by atoms with Crippen LogP contribution in [0.2, 0.25) is 0 Å². The molecule has 1 unspecified atom stereocenters. The summed E-state index contributed by atoms with van der Waals surface area (Å²) in [5.41, 5.74) is -0.754. The summed E-state index contributed by atoms with van der Waals surface area (Å²) in [6.45, 7) is 3.53. The van der Waals surface area contributed by atoms with Crippen LogP contribution in [0.1, 0.15) is 37.0 Å². The number of halogens is 2. The van der Waals surface area contributed by atoms with Crippen molar-refractivity contribution >= 4 is 34.5 Å². The first-order valence-electron chi connectivity index (χ1n) is 6.20. The Balaban J connectivity index is 2.99. The molecular weight excluding hydrogens is 376 g/mol. The molecule has 1 atom stereocenters. The molecule has 0 saturated heterocycles. The van der Waals surface area contributed by atoms with E-state index in [9.17, 15) is 14.0 Å². The minimum atomic E-state index is -1.09. The minimum absolute atomic E-state index is 0.332. The maximum Gasteiger partial charge on any atom is 0.331 e. The van der Waals surface area contributed by atoms with Crippen LogP contribution in [0.25, 0.3) is 0 Å². The molecule has 0 radical (unpaired) electrons. The van der Waals surface area contributed by atoms with Gasteiger partial charge >= 0.3 is 5.97 Å². The van der Waals surface area contributed by atoms with Gasteiger partial charge < -0.3 is 10.1 Å². The van der Waals surface area contributed by atoms with Gasteiger partial charge in [0.1, 0.15) is 11.4 Å². The van der Waals surface area contributed by atoms with E-state index >= 15 is 0 Å². The molecule has 0 fully saturated rings. The summed E-state index contributed by atoms with van der Waals surface area (Å²) in [7, 11) is 1.28. The monoisotopic (exact) mass is 393 g/mol. The van der Waals surface area contributed by atoms with E-state index in [-0.39, 0.29) is 0 Å². The summed E-state index contributed by atoms with van der Waals surface area (Å²) in [6, 6.07) is 3.88. The molecule has 0 aliphatic carbocycles. The second-order valence-electron chi connectivity index (χ2n) is 4.65. The smallest absolute Gasteiger partial charge is 0.331 e. The van der Waals surface area contributed by atoms with Gasteiger partial charge in [-0.05, 0) is 54.1 Å². The van der Waals surface area contributed by atoms with Gasteiger partial charge in [-0.15, -0.1) is 0 Å². The topological polar surface area (TPSA) is 55.4 Å². The molecule has 20 heavy (non-hydrogen) atoms. The first-order chi connectivity index (χ1) is 9.34. The predicted molar refractivity (Wildman–Crippen MR) is 81.9 cm³/mol. The lowest BCUT2D eigenvalue weighted by atomic mass is 9.95. The zero-order valence-electron chi connectivity index (χ0n) is 11.6. The van der Waals surface area contributed by atoms with E-state index in [1.165, 1.54) is 25.3 Å². The quantitative estimate of drug-likeness (QED) is 0.619. The highest BCUT2D eigenvalue weighted by atomic mass is 127. The summed E-state index contributed by atoms with van der Waals surface area (Å²) in [4.78, 5) is 24.1. The summed E-state index contributed by atoms with van der Waals surface area (Å²) in [5.74, 6) is -1.32. The van der Waals surface area contributed by atoms with Crippen LogP contribution in [0.15, 0.2) is 18.2 Å². The molecule has 1 amide bonds. The Morgan fingerprint density at radius 1 is 1.45 bits per heavy atom. The van der Waals surface area contributed by atoms with Crippen LogP contribution in [0.3, 0.4) is 0 Å². The molecule has 1 aromatic carbocycles. The fraction of sp³-hybridized carbons (Fsp3) is 0.429. The van der Waals surface area contributed by atoms with E-state index in [0.717, 1.165) is 0 Å². The molecule has 0 heterocycles. The summed E-state index contributed by atoms with van der Waals surface area (Å²) in [5, 5.41) is 2.68. The average molecular weight is 393 g/mol. The van der Waals surface area contributed by atoms with Crippen LogP contribution in [-0.4, -0.2) is 24.5 Å². The van der Waals surface area contributed by atoms with Crippen molar-refractivity contribution in [1.82, 2.24) is 5.32 Å². The molecule has 0 bridgehead atoms. The lowest BCUT2D eigenvalue weighted by molar-refractivity contribution is -0.147. The van der Waals surface area contributed by atoms with Crippen molar-refractivity contribution in [2.75, 3.05) is 7.11 Å². The van der Waals surface area contributed by atoms with Crippen LogP contribution in [-0.2, 0) is 9.53 Å². The van der Waals surface area contributed by atoms with Crippen molar-refractivity contribution in [2.24, 2.45) is 0 Å². The lowest BCUT2D eigenvalue weighted by Gasteiger charge is -2.27. The third kappa shape index (κ3) is 3.91. The zero-order valence-corrected chi connectivity index (χ0v) is 13.8. The molecule has 1 aromatic rings. The zero-order chi connectivity index (χ0) is 15.3. The van der Waals surface area contributed by atoms with Crippen LogP contribution >= 0.6 is 22.6 Å². The van der Waals surface area contributed by atoms with Crippen LogP contribution in [0.4, 0.5) is 4.39 Å². The van der Waals surface area contributed by atoms with Crippen LogP contribution < -0.4 is 5.32 Å². The second-order valence-corrected chi connectivity index (χ2v) is 5.81. The lowest BCUT2D eigenvalue weighted by Crippen LogP contribution is -2.52. The van der Waals surface area contributed by atoms with Crippen LogP contribution in [0, 0.1) is 9.39 Å². The average Bonchev–Trinajstić information content (AvgIpc) is 2.37. The highest BCUT2D eigenvalue weighted by Crippen LogP contribution is 2.18. The Labute approximate surface area is 131 Å². The Morgan fingerprint density at radius 3 is 2.60 bits per heavy atom. The molecule has 0 aliphatic heterocycles. The number of hydrogen-bond donors (Lipinski definition) is 1. The van der Waals surface area contributed by atoms with Crippen molar-refractivity contribution in [3.63, 3.8) is 0 Å². The number of methoxy groups -OCH3 is 1. The number of nitrogens with one attached hydrogen (secondary N) is 1. The number of hydrogen-bond acceptors (Lipinski definition) is 3. The summed E-state index contributed by atoms with van der Waals surface area (Å²) < 4.78 is 18.3. The molecule has 4 nitrogen and oxygen atoms in total. The van der Waals surface area contributed by atoms with E-state index in [1.54, 1.807) is 6.92 Å². The third-order valence-corrected chi connectivity index (χ3v) is 3.84. The standard InChI is InChI=1S/C14H17FINO3/c1-4-7-14(2,13(19)20-3)17-12(18)10-6-5-9(15)8-11(10)16/h5-6,8H,4,7H2,1-3H3,(H,17,18). The Kier molecular flexibility index (Phi) is 5.91. The number of esters is 1. The van der Waals surface area contributed by atoms with Gasteiger partial charge in [0.2, 0.25) is 0 Å². The normalized spacial score (nSPS) is 13.4. The predicted octanol–water partition coefficient (Wildman–Crippen LogP) is 2.89. The molecule has 0 saturated carbocycles. The second kappa shape index (κ2) is 7.01. The maximum absolute atomic E-state index is 13.0. The Hall–Kier alpha value is -1.18. The number of amides is 1. The number of carbonyl (C=O) groups is 2. The van der Waals surface area contributed by atoms with Crippen molar-refractivity contribution in [1.29, 1.82) is 0 Å². The van der Waals surface area contributed by atoms with Gasteiger partial charge in [-0.3, -0.25) is 4.79 Å². The number of rotatable bonds is 5. The molecule has 110 valence electrons. The van der Waals surface area contributed by atoms with Gasteiger partial charge in [0.05, 0.1) is 12.7 Å². The summed E-state index contributed by atoms with van der Waals surface area (Å²) in [6.07, 6.45) is 1.18. The molecule has 0 aromatic heterocycles. The fourth-order valence-corrected chi connectivity index (χ4v) is 2.65. The van der Waals surface area contributed by atoms with Crippen LogP contribution in [0.5, 0.6) is 0 Å². The van der Waals surface area contributed by atoms with Crippen molar-refractivity contribution in [3.8, 4) is 0 Å². The number of carbonyl (C=O) groups excluding carboxylic acids is 2. The highest BCUT2D eigenvalue weighted by molar-refractivity contribution is 14.1. The molecule has 0 aliphatic rings. The van der Waals surface area contributed by atoms with Gasteiger partial charge in [0.25, 0.3) is 5.91 Å². The molecule has 1 rings (SSSR count). The third-order valence-electron chi connectivity index (χ3n) is 2.95. The number of benzene rings is 1. The largest absolute Gasteiger partial charge is 0.467 e. The van der Waals surface area contributed by atoms with E-state index < -0.39 is 23.2 Å². The van der Waals surface area contributed by atoms with Gasteiger partial charge in [0, 0.05) is 3.57 Å². The Morgan fingerprint density at radius 2 is 2.10 bits per heavy atom. The van der Waals surface area contributed by atoms with Gasteiger partial charge in [-0.25, -0.2) is 9.18 Å². The van der Waals surface area contributed by atoms with Gasteiger partial charge in [-0.1, -0.05) is 13.3 Å². The van der Waals surface area contributed by atoms with E-state index in [1.807, 2.05) is 29.5 Å². The van der Waals surface area contributed by atoms with E-state index in [0.29, 0.717) is 22.0 Å². The van der Waals surface area contributed by atoms with Crippen molar-refractivity contribution in [3.05, 3.63) is 33.1 Å². The summed E-state index contributed by atoms with van der Waals surface area (Å²) >= 11 is 1.88. The van der Waals surface area contributed by atoms with E-state index in [2.05, 4.69) is 5.32 Å². The van der Waals surface area contributed by atoms with Crippen molar-refractivity contribution < 1.29 is 18.7 Å². The van der Waals surface area contributed by atoms with Crippen molar-refractivity contribution in [2.45, 2.75) is 32.2 Å². The molecule has 1 N–H and O–H groups in total. The maximum atomic E-state index is 13.0. The molecule has 6 heteroatoms.